The Morgan fingerprint density at radius 1 is 1.05 bits per heavy atom. The molecule has 0 radical (unpaired) electrons. The van der Waals surface area contributed by atoms with Gasteiger partial charge in [0, 0.05) is 11.6 Å². The molecule has 0 atom stereocenters. The monoisotopic (exact) mass is 263 g/mol. The molecule has 3 aromatic rings. The summed E-state index contributed by atoms with van der Waals surface area (Å²) in [4.78, 5) is 20.7. The summed E-state index contributed by atoms with van der Waals surface area (Å²) in [6.45, 7) is 1.90. The van der Waals surface area contributed by atoms with Crippen molar-refractivity contribution in [1.29, 1.82) is 0 Å². The number of carbonyl (C=O) groups is 1. The normalized spacial score (nSPS) is 10.4. The largest absolute Gasteiger partial charge is 0.305 e. The van der Waals surface area contributed by atoms with Crippen LogP contribution in [0.4, 0.5) is 5.82 Å². The number of rotatable bonds is 2. The summed E-state index contributed by atoms with van der Waals surface area (Å²) in [6.07, 6.45) is 1.65. The molecule has 98 valence electrons. The van der Waals surface area contributed by atoms with Crippen molar-refractivity contribution in [3.05, 3.63) is 66.0 Å². The van der Waals surface area contributed by atoms with Crippen molar-refractivity contribution in [2.45, 2.75) is 6.92 Å². The second-order valence-corrected chi connectivity index (χ2v) is 4.51. The number of aryl methyl sites for hydroxylation is 1. The molecule has 0 saturated heterocycles. The first kappa shape index (κ1) is 12.3. The zero-order chi connectivity index (χ0) is 13.9. The number of benzene rings is 1. The van der Waals surface area contributed by atoms with Crippen molar-refractivity contribution in [2.75, 3.05) is 5.32 Å². The van der Waals surface area contributed by atoms with Gasteiger partial charge in [0.1, 0.15) is 11.5 Å². The maximum Gasteiger partial charge on any atom is 0.275 e. The number of anilines is 1. The molecule has 3 rings (SSSR count). The lowest BCUT2D eigenvalue weighted by molar-refractivity contribution is 0.102. The molecule has 1 aromatic carbocycles. The molecule has 2 heterocycles. The number of para-hydroxylation sites is 1. The molecule has 4 heteroatoms. The maximum atomic E-state index is 12.2. The molecule has 1 N–H and O–H groups in total. The van der Waals surface area contributed by atoms with E-state index in [2.05, 4.69) is 15.3 Å². The molecule has 0 spiro atoms. The van der Waals surface area contributed by atoms with E-state index in [0.717, 1.165) is 16.5 Å². The van der Waals surface area contributed by atoms with Crippen LogP contribution in [0.1, 0.15) is 16.1 Å². The van der Waals surface area contributed by atoms with E-state index in [1.54, 1.807) is 12.3 Å². The van der Waals surface area contributed by atoms with E-state index in [4.69, 9.17) is 0 Å². The quantitative estimate of drug-likeness (QED) is 0.772. The summed E-state index contributed by atoms with van der Waals surface area (Å²) in [5.74, 6) is 0.310. The molecule has 1 amide bonds. The van der Waals surface area contributed by atoms with Crippen LogP contribution >= 0.6 is 0 Å². The number of aromatic nitrogens is 2. The molecule has 0 saturated carbocycles. The van der Waals surface area contributed by atoms with Crippen LogP contribution in [0.3, 0.4) is 0 Å². The second kappa shape index (κ2) is 5.09. The summed E-state index contributed by atoms with van der Waals surface area (Å²) in [5, 5.41) is 3.79. The predicted molar refractivity (Wildman–Crippen MR) is 78.7 cm³/mol. The van der Waals surface area contributed by atoms with Crippen LogP contribution in [-0.4, -0.2) is 15.9 Å². The first-order chi connectivity index (χ1) is 9.74. The maximum absolute atomic E-state index is 12.2. The van der Waals surface area contributed by atoms with Gasteiger partial charge in [0.25, 0.3) is 5.91 Å². The van der Waals surface area contributed by atoms with Crippen LogP contribution in [0, 0.1) is 6.92 Å². The third-order valence-corrected chi connectivity index (χ3v) is 3.07. The number of nitrogens with zero attached hydrogens (tertiary/aromatic N) is 2. The number of amides is 1. The van der Waals surface area contributed by atoms with Gasteiger partial charge in [0.15, 0.2) is 0 Å². The summed E-state index contributed by atoms with van der Waals surface area (Å²) in [6, 6.07) is 15.0. The van der Waals surface area contributed by atoms with Crippen molar-refractivity contribution in [2.24, 2.45) is 0 Å². The van der Waals surface area contributed by atoms with E-state index >= 15 is 0 Å². The van der Waals surface area contributed by atoms with Crippen LogP contribution in [0.15, 0.2) is 54.7 Å². The molecular formula is C16H13N3O. The lowest BCUT2D eigenvalue weighted by Gasteiger charge is -2.07. The number of carbonyl (C=O) groups excluding carboxylic acids is 1. The highest BCUT2D eigenvalue weighted by Crippen LogP contribution is 2.14. The van der Waals surface area contributed by atoms with Crippen LogP contribution in [0.5, 0.6) is 0 Å². The van der Waals surface area contributed by atoms with Crippen LogP contribution < -0.4 is 5.32 Å². The number of hydrogen-bond donors (Lipinski definition) is 1. The first-order valence-corrected chi connectivity index (χ1v) is 6.33. The average molecular weight is 263 g/mol. The molecule has 2 aromatic heterocycles. The van der Waals surface area contributed by atoms with Gasteiger partial charge < -0.3 is 5.32 Å². The van der Waals surface area contributed by atoms with Crippen molar-refractivity contribution in [3.8, 4) is 0 Å². The van der Waals surface area contributed by atoms with Gasteiger partial charge in [-0.3, -0.25) is 4.79 Å². The number of fused-ring (bicyclic) bond motifs is 1. The third kappa shape index (κ3) is 2.36. The highest BCUT2D eigenvalue weighted by molar-refractivity contribution is 6.03. The van der Waals surface area contributed by atoms with Gasteiger partial charge in [-0.25, -0.2) is 9.97 Å². The molecule has 0 aliphatic heterocycles. The van der Waals surface area contributed by atoms with E-state index in [1.807, 2.05) is 49.4 Å². The Bertz CT molecular complexity index is 783. The van der Waals surface area contributed by atoms with Crippen LogP contribution in [-0.2, 0) is 0 Å². The minimum atomic E-state index is -0.252. The molecule has 20 heavy (non-hydrogen) atoms. The van der Waals surface area contributed by atoms with Gasteiger partial charge in [-0.05, 0) is 30.7 Å². The smallest absolute Gasteiger partial charge is 0.275 e. The molecular weight excluding hydrogens is 250 g/mol. The second-order valence-electron chi connectivity index (χ2n) is 4.51. The Hall–Kier alpha value is -2.75. The Kier molecular flexibility index (Phi) is 3.13. The average Bonchev–Trinajstić information content (AvgIpc) is 2.49. The summed E-state index contributed by atoms with van der Waals surface area (Å²) in [7, 11) is 0. The highest BCUT2D eigenvalue weighted by Gasteiger charge is 2.10. The highest BCUT2D eigenvalue weighted by atomic mass is 16.1. The molecule has 4 nitrogen and oxygen atoms in total. The minimum absolute atomic E-state index is 0.252. The van der Waals surface area contributed by atoms with Crippen molar-refractivity contribution in [3.63, 3.8) is 0 Å². The van der Waals surface area contributed by atoms with Gasteiger partial charge >= 0.3 is 0 Å². The fourth-order valence-corrected chi connectivity index (χ4v) is 1.98. The Morgan fingerprint density at radius 2 is 1.90 bits per heavy atom. The van der Waals surface area contributed by atoms with Crippen LogP contribution in [0.25, 0.3) is 10.9 Å². The van der Waals surface area contributed by atoms with Crippen molar-refractivity contribution in [1.82, 2.24) is 9.97 Å². The first-order valence-electron chi connectivity index (χ1n) is 6.33. The number of pyridine rings is 2. The van der Waals surface area contributed by atoms with Gasteiger partial charge in [0.2, 0.25) is 0 Å². The van der Waals surface area contributed by atoms with E-state index in [-0.39, 0.29) is 5.91 Å². The summed E-state index contributed by atoms with van der Waals surface area (Å²) < 4.78 is 0. The van der Waals surface area contributed by atoms with E-state index < -0.39 is 0 Å². The van der Waals surface area contributed by atoms with E-state index in [9.17, 15) is 4.79 Å². The topological polar surface area (TPSA) is 54.9 Å². The van der Waals surface area contributed by atoms with Crippen LogP contribution in [0.2, 0.25) is 0 Å². The SMILES string of the molecule is Cc1cccnc1NC(=O)c1ccc2ccccc2n1. The summed E-state index contributed by atoms with van der Waals surface area (Å²) >= 11 is 0. The Morgan fingerprint density at radius 3 is 2.75 bits per heavy atom. The lowest BCUT2D eigenvalue weighted by atomic mass is 10.2. The fraction of sp³-hybridized carbons (Fsp3) is 0.0625. The minimum Gasteiger partial charge on any atom is -0.305 e. The fourth-order valence-electron chi connectivity index (χ4n) is 1.98. The predicted octanol–water partition coefficient (Wildman–Crippen LogP) is 3.19. The molecule has 0 aliphatic rings. The third-order valence-electron chi connectivity index (χ3n) is 3.07. The van der Waals surface area contributed by atoms with Crippen molar-refractivity contribution < 1.29 is 4.79 Å². The van der Waals surface area contributed by atoms with E-state index in [1.165, 1.54) is 0 Å². The lowest BCUT2D eigenvalue weighted by Crippen LogP contribution is -2.15. The van der Waals surface area contributed by atoms with Crippen molar-refractivity contribution >= 4 is 22.6 Å². The Balaban J connectivity index is 1.91. The number of hydrogen-bond acceptors (Lipinski definition) is 3. The molecule has 0 fully saturated rings. The van der Waals surface area contributed by atoms with E-state index in [0.29, 0.717) is 11.5 Å². The number of nitrogens with one attached hydrogen (secondary N) is 1. The molecule has 0 bridgehead atoms. The Labute approximate surface area is 116 Å². The van der Waals surface area contributed by atoms with Gasteiger partial charge in [-0.15, -0.1) is 0 Å². The standard InChI is InChI=1S/C16H13N3O/c1-11-5-4-10-17-15(11)19-16(20)14-9-8-12-6-2-3-7-13(12)18-14/h2-10H,1H3,(H,17,19,20). The van der Waals surface area contributed by atoms with Gasteiger partial charge in [-0.1, -0.05) is 30.3 Å². The molecule has 0 unspecified atom stereocenters. The molecule has 0 aliphatic carbocycles. The zero-order valence-corrected chi connectivity index (χ0v) is 11.0. The van der Waals surface area contributed by atoms with Gasteiger partial charge in [-0.2, -0.15) is 0 Å². The van der Waals surface area contributed by atoms with Gasteiger partial charge in [0.05, 0.1) is 5.52 Å². The summed E-state index contributed by atoms with van der Waals surface area (Å²) in [5.41, 5.74) is 2.10. The zero-order valence-electron chi connectivity index (χ0n) is 11.0.